The van der Waals surface area contributed by atoms with Crippen molar-refractivity contribution in [3.8, 4) is 0 Å². The number of rotatable bonds is 4. The summed E-state index contributed by atoms with van der Waals surface area (Å²) in [6, 6.07) is 12.8. The average Bonchev–Trinajstić information content (AvgIpc) is 2.90. The second-order valence-corrected chi connectivity index (χ2v) is 5.87. The summed E-state index contributed by atoms with van der Waals surface area (Å²) in [5.74, 6) is 0.0202. The van der Waals surface area contributed by atoms with Crippen LogP contribution in [0.1, 0.15) is 45.4 Å². The van der Waals surface area contributed by atoms with Gasteiger partial charge in [0.15, 0.2) is 11.5 Å². The van der Waals surface area contributed by atoms with Crippen LogP contribution in [0.25, 0.3) is 11.0 Å². The van der Waals surface area contributed by atoms with Crippen LogP contribution < -0.4 is 5.32 Å². The molecule has 1 heterocycles. The first-order valence-corrected chi connectivity index (χ1v) is 7.94. The lowest BCUT2D eigenvalue weighted by Gasteiger charge is -2.05. The Labute approximate surface area is 140 Å². The standard InChI is InChI=1S/C20H19NO3/c1-4-17(22)14-6-5-7-15(11-14)21-20(23)19-13(3)16-9-8-12(2)10-18(16)24-19/h5-11H,4H2,1-3H3,(H,21,23). The molecule has 1 N–H and O–H groups in total. The van der Waals surface area contributed by atoms with E-state index >= 15 is 0 Å². The maximum atomic E-state index is 12.6. The van der Waals surface area contributed by atoms with Gasteiger partial charge in [-0.15, -0.1) is 0 Å². The number of fused-ring (bicyclic) bond motifs is 1. The van der Waals surface area contributed by atoms with Crippen LogP contribution in [-0.2, 0) is 0 Å². The first-order chi connectivity index (χ1) is 11.5. The third-order valence-electron chi connectivity index (χ3n) is 4.06. The number of benzene rings is 2. The molecule has 3 aromatic rings. The van der Waals surface area contributed by atoms with Gasteiger partial charge < -0.3 is 9.73 Å². The molecular weight excluding hydrogens is 302 g/mol. The van der Waals surface area contributed by atoms with E-state index in [9.17, 15) is 9.59 Å². The molecule has 0 aliphatic rings. The van der Waals surface area contributed by atoms with Crippen molar-refractivity contribution in [1.29, 1.82) is 0 Å². The highest BCUT2D eigenvalue weighted by molar-refractivity contribution is 6.07. The number of Topliss-reactive ketones (excluding diaryl/α,β-unsaturated/α-hetero) is 1. The molecule has 2 aromatic carbocycles. The Kier molecular flexibility index (Phi) is 4.21. The van der Waals surface area contributed by atoms with Crippen molar-refractivity contribution in [2.45, 2.75) is 27.2 Å². The van der Waals surface area contributed by atoms with Crippen LogP contribution in [0.3, 0.4) is 0 Å². The summed E-state index contributed by atoms with van der Waals surface area (Å²) in [7, 11) is 0. The van der Waals surface area contributed by atoms with Crippen LogP contribution in [-0.4, -0.2) is 11.7 Å². The first kappa shape index (κ1) is 16.0. The second kappa shape index (κ2) is 6.32. The number of amides is 1. The van der Waals surface area contributed by atoms with Crippen molar-refractivity contribution in [3.63, 3.8) is 0 Å². The van der Waals surface area contributed by atoms with E-state index in [-0.39, 0.29) is 11.7 Å². The van der Waals surface area contributed by atoms with Gasteiger partial charge in [0.25, 0.3) is 5.91 Å². The normalized spacial score (nSPS) is 10.8. The number of anilines is 1. The SMILES string of the molecule is CCC(=O)c1cccc(NC(=O)c2oc3cc(C)ccc3c2C)c1. The molecule has 24 heavy (non-hydrogen) atoms. The lowest BCUT2D eigenvalue weighted by molar-refractivity contribution is 0.0982. The van der Waals surface area contributed by atoms with Crippen molar-refractivity contribution in [2.24, 2.45) is 0 Å². The summed E-state index contributed by atoms with van der Waals surface area (Å²) in [4.78, 5) is 24.3. The number of carbonyl (C=O) groups excluding carboxylic acids is 2. The number of carbonyl (C=O) groups is 2. The van der Waals surface area contributed by atoms with Crippen LogP contribution in [0.5, 0.6) is 0 Å². The molecule has 0 fully saturated rings. The second-order valence-electron chi connectivity index (χ2n) is 5.87. The van der Waals surface area contributed by atoms with Crippen molar-refractivity contribution in [3.05, 3.63) is 64.9 Å². The van der Waals surface area contributed by atoms with E-state index in [0.717, 1.165) is 16.5 Å². The van der Waals surface area contributed by atoms with Gasteiger partial charge in [-0.2, -0.15) is 0 Å². The fourth-order valence-corrected chi connectivity index (χ4v) is 2.71. The fourth-order valence-electron chi connectivity index (χ4n) is 2.71. The number of nitrogens with one attached hydrogen (secondary N) is 1. The molecule has 0 saturated heterocycles. The van der Waals surface area contributed by atoms with Crippen molar-refractivity contribution in [1.82, 2.24) is 0 Å². The summed E-state index contributed by atoms with van der Waals surface area (Å²) in [6.07, 6.45) is 0.430. The summed E-state index contributed by atoms with van der Waals surface area (Å²) in [5.41, 5.74) is 3.76. The predicted octanol–water partition coefficient (Wildman–Crippen LogP) is 4.89. The Balaban J connectivity index is 1.90. The maximum absolute atomic E-state index is 12.6. The first-order valence-electron chi connectivity index (χ1n) is 7.94. The Bertz CT molecular complexity index is 937. The topological polar surface area (TPSA) is 59.3 Å². The van der Waals surface area contributed by atoms with E-state index in [1.165, 1.54) is 0 Å². The largest absolute Gasteiger partial charge is 0.451 e. The molecule has 4 heteroatoms. The van der Waals surface area contributed by atoms with Gasteiger partial charge in [-0.25, -0.2) is 0 Å². The molecule has 3 rings (SSSR count). The molecule has 0 bridgehead atoms. The summed E-state index contributed by atoms with van der Waals surface area (Å²) in [6.45, 7) is 5.66. The Hall–Kier alpha value is -2.88. The summed E-state index contributed by atoms with van der Waals surface area (Å²) < 4.78 is 5.73. The van der Waals surface area contributed by atoms with Gasteiger partial charge in [0.2, 0.25) is 0 Å². The van der Waals surface area contributed by atoms with Crippen LogP contribution in [0.4, 0.5) is 5.69 Å². The highest BCUT2D eigenvalue weighted by Crippen LogP contribution is 2.27. The van der Waals surface area contributed by atoms with E-state index < -0.39 is 0 Å². The van der Waals surface area contributed by atoms with Gasteiger partial charge in [0.05, 0.1) is 0 Å². The summed E-state index contributed by atoms with van der Waals surface area (Å²) >= 11 is 0. The van der Waals surface area contributed by atoms with E-state index in [4.69, 9.17) is 4.42 Å². The molecule has 0 unspecified atom stereocenters. The van der Waals surface area contributed by atoms with Crippen LogP contribution in [0.15, 0.2) is 46.9 Å². The number of aryl methyl sites for hydroxylation is 2. The Morgan fingerprint density at radius 3 is 2.62 bits per heavy atom. The molecule has 0 aliphatic heterocycles. The van der Waals surface area contributed by atoms with E-state index in [1.54, 1.807) is 24.3 Å². The zero-order chi connectivity index (χ0) is 17.3. The summed E-state index contributed by atoms with van der Waals surface area (Å²) in [5, 5.41) is 3.74. The Morgan fingerprint density at radius 1 is 1.08 bits per heavy atom. The van der Waals surface area contributed by atoms with Crippen LogP contribution in [0, 0.1) is 13.8 Å². The molecule has 0 aliphatic carbocycles. The zero-order valence-corrected chi connectivity index (χ0v) is 14.0. The molecule has 1 amide bonds. The van der Waals surface area contributed by atoms with E-state index in [2.05, 4.69) is 5.32 Å². The molecule has 0 saturated carbocycles. The smallest absolute Gasteiger partial charge is 0.291 e. The molecule has 1 aromatic heterocycles. The fraction of sp³-hybridized carbons (Fsp3) is 0.200. The maximum Gasteiger partial charge on any atom is 0.291 e. The predicted molar refractivity (Wildman–Crippen MR) is 94.7 cm³/mol. The minimum Gasteiger partial charge on any atom is -0.451 e. The van der Waals surface area contributed by atoms with Gasteiger partial charge in [-0.3, -0.25) is 9.59 Å². The zero-order valence-electron chi connectivity index (χ0n) is 14.0. The van der Waals surface area contributed by atoms with Gasteiger partial charge in [0, 0.05) is 28.6 Å². The highest BCUT2D eigenvalue weighted by Gasteiger charge is 2.18. The van der Waals surface area contributed by atoms with E-state index in [0.29, 0.717) is 29.0 Å². The van der Waals surface area contributed by atoms with E-state index in [1.807, 2.05) is 39.0 Å². The van der Waals surface area contributed by atoms with Gasteiger partial charge in [0.1, 0.15) is 5.58 Å². The van der Waals surface area contributed by atoms with Crippen LogP contribution >= 0.6 is 0 Å². The lowest BCUT2D eigenvalue weighted by atomic mass is 10.1. The molecule has 0 atom stereocenters. The number of ketones is 1. The number of furan rings is 1. The minimum atomic E-state index is -0.317. The van der Waals surface area contributed by atoms with Gasteiger partial charge in [-0.1, -0.05) is 31.2 Å². The monoisotopic (exact) mass is 321 g/mol. The molecular formula is C20H19NO3. The van der Waals surface area contributed by atoms with Crippen LogP contribution in [0.2, 0.25) is 0 Å². The number of hydrogen-bond acceptors (Lipinski definition) is 3. The molecule has 122 valence electrons. The number of hydrogen-bond donors (Lipinski definition) is 1. The molecule has 4 nitrogen and oxygen atoms in total. The van der Waals surface area contributed by atoms with Crippen molar-refractivity contribution >= 4 is 28.3 Å². The minimum absolute atomic E-state index is 0.0430. The van der Waals surface area contributed by atoms with Gasteiger partial charge >= 0.3 is 0 Å². The molecule has 0 spiro atoms. The highest BCUT2D eigenvalue weighted by atomic mass is 16.3. The lowest BCUT2D eigenvalue weighted by Crippen LogP contribution is -2.12. The van der Waals surface area contributed by atoms with Gasteiger partial charge in [-0.05, 0) is 37.6 Å². The molecule has 0 radical (unpaired) electrons. The third kappa shape index (κ3) is 2.95. The average molecular weight is 321 g/mol. The van der Waals surface area contributed by atoms with Crippen molar-refractivity contribution < 1.29 is 14.0 Å². The quantitative estimate of drug-likeness (QED) is 0.696. The van der Waals surface area contributed by atoms with Crippen molar-refractivity contribution in [2.75, 3.05) is 5.32 Å². The third-order valence-corrected chi connectivity index (χ3v) is 4.06. The Morgan fingerprint density at radius 2 is 1.88 bits per heavy atom.